The van der Waals surface area contributed by atoms with Crippen molar-refractivity contribution in [2.75, 3.05) is 0 Å². The molecule has 74 valence electrons. The number of aliphatic imine (C=N–C) groups is 1. The molecule has 0 aliphatic heterocycles. The topological polar surface area (TPSA) is 99.1 Å². The summed E-state index contributed by atoms with van der Waals surface area (Å²) in [6.07, 6.45) is 1.50. The van der Waals surface area contributed by atoms with Crippen molar-refractivity contribution in [3.05, 3.63) is 35.6 Å². The van der Waals surface area contributed by atoms with E-state index in [4.69, 9.17) is 20.7 Å². The highest BCUT2D eigenvalue weighted by Gasteiger charge is 2.04. The zero-order valence-electron chi connectivity index (χ0n) is 8.06. The zero-order chi connectivity index (χ0) is 11.3. The van der Waals surface area contributed by atoms with Gasteiger partial charge in [0.05, 0.1) is 12.0 Å². The van der Waals surface area contributed by atoms with Crippen LogP contribution in [0, 0.1) is 22.7 Å². The van der Waals surface area contributed by atoms with Crippen LogP contribution in [0.5, 0.6) is 0 Å². The molecule has 0 unspecified atom stereocenters. The van der Waals surface area contributed by atoms with E-state index in [0.717, 1.165) is 0 Å². The van der Waals surface area contributed by atoms with Crippen molar-refractivity contribution in [2.24, 2.45) is 10.7 Å². The first-order chi connectivity index (χ1) is 7.19. The maximum Gasteiger partial charge on any atom is 0.174 e. The Bertz CT molecular complexity index is 482. The number of hydrogen-bond donors (Lipinski definition) is 1. The summed E-state index contributed by atoms with van der Waals surface area (Å²) in [6, 6.07) is 6.82. The molecule has 0 aliphatic carbocycles. The van der Waals surface area contributed by atoms with Crippen LogP contribution in [0.2, 0.25) is 0 Å². The standard InChI is InChI=1S/C10H8N4O/c1-7(10-3-2-4-15-10)14-9(6-12)8(13)5-11/h2-4H,13H2,1H3. The Kier molecular flexibility index (Phi) is 3.26. The van der Waals surface area contributed by atoms with Crippen LogP contribution in [0.4, 0.5) is 0 Å². The van der Waals surface area contributed by atoms with Gasteiger partial charge < -0.3 is 10.2 Å². The molecule has 0 spiro atoms. The Balaban J connectivity index is 3.09. The van der Waals surface area contributed by atoms with Crippen molar-refractivity contribution in [3.63, 3.8) is 0 Å². The average molecular weight is 200 g/mol. The van der Waals surface area contributed by atoms with Crippen molar-refractivity contribution in [1.29, 1.82) is 10.5 Å². The van der Waals surface area contributed by atoms with Crippen LogP contribution in [0.15, 0.2) is 39.2 Å². The minimum absolute atomic E-state index is 0.105. The van der Waals surface area contributed by atoms with E-state index in [0.29, 0.717) is 11.5 Å². The maximum absolute atomic E-state index is 8.70. The smallest absolute Gasteiger partial charge is 0.174 e. The van der Waals surface area contributed by atoms with Crippen molar-refractivity contribution in [3.8, 4) is 12.1 Å². The molecule has 0 atom stereocenters. The Morgan fingerprint density at radius 2 is 2.20 bits per heavy atom. The number of nitrogens with zero attached hydrogens (tertiary/aromatic N) is 3. The van der Waals surface area contributed by atoms with Crippen molar-refractivity contribution >= 4 is 5.71 Å². The van der Waals surface area contributed by atoms with Gasteiger partial charge in [0.1, 0.15) is 23.6 Å². The molecule has 0 amide bonds. The van der Waals surface area contributed by atoms with E-state index >= 15 is 0 Å². The number of furan rings is 1. The van der Waals surface area contributed by atoms with Gasteiger partial charge in [-0.3, -0.25) is 0 Å². The van der Waals surface area contributed by atoms with Crippen LogP contribution >= 0.6 is 0 Å². The fourth-order valence-corrected chi connectivity index (χ4v) is 0.906. The van der Waals surface area contributed by atoms with Crippen molar-refractivity contribution in [1.82, 2.24) is 0 Å². The normalized spacial score (nSPS) is 12.6. The molecule has 2 N–H and O–H groups in total. The molecule has 15 heavy (non-hydrogen) atoms. The third-order valence-electron chi connectivity index (χ3n) is 1.64. The van der Waals surface area contributed by atoms with Crippen LogP contribution in [0.3, 0.4) is 0 Å². The average Bonchev–Trinajstić information content (AvgIpc) is 2.77. The fourth-order valence-electron chi connectivity index (χ4n) is 0.906. The summed E-state index contributed by atoms with van der Waals surface area (Å²) < 4.78 is 5.07. The van der Waals surface area contributed by atoms with Crippen LogP contribution in [-0.4, -0.2) is 5.71 Å². The van der Waals surface area contributed by atoms with Crippen molar-refractivity contribution < 1.29 is 4.42 Å². The summed E-state index contributed by atoms with van der Waals surface area (Å²) >= 11 is 0. The molecule has 0 radical (unpaired) electrons. The quantitative estimate of drug-likeness (QED) is 0.574. The summed E-state index contributed by atoms with van der Waals surface area (Å²) in [4.78, 5) is 3.90. The highest BCUT2D eigenvalue weighted by atomic mass is 16.3. The van der Waals surface area contributed by atoms with Crippen molar-refractivity contribution in [2.45, 2.75) is 6.92 Å². The highest BCUT2D eigenvalue weighted by Crippen LogP contribution is 2.06. The second-order valence-corrected chi connectivity index (χ2v) is 2.66. The monoisotopic (exact) mass is 200 g/mol. The molecule has 0 aliphatic rings. The van der Waals surface area contributed by atoms with E-state index < -0.39 is 0 Å². The molecule has 0 aromatic carbocycles. The minimum atomic E-state index is -0.205. The minimum Gasteiger partial charge on any atom is -0.463 e. The van der Waals surface area contributed by atoms with Gasteiger partial charge >= 0.3 is 0 Å². The third-order valence-corrected chi connectivity index (χ3v) is 1.64. The van der Waals surface area contributed by atoms with Gasteiger partial charge in [0, 0.05) is 0 Å². The summed E-state index contributed by atoms with van der Waals surface area (Å²) in [5.74, 6) is 0.536. The Hall–Kier alpha value is -2.53. The lowest BCUT2D eigenvalue weighted by molar-refractivity contribution is 0.557. The second-order valence-electron chi connectivity index (χ2n) is 2.66. The number of hydrogen-bond acceptors (Lipinski definition) is 5. The molecule has 1 rings (SSSR count). The van der Waals surface area contributed by atoms with Gasteiger partial charge in [0.15, 0.2) is 5.70 Å². The SMILES string of the molecule is CC(=NC(C#N)=C(N)C#N)c1ccco1. The molecule has 1 aromatic heterocycles. The largest absolute Gasteiger partial charge is 0.463 e. The van der Waals surface area contributed by atoms with Crippen LogP contribution in [-0.2, 0) is 0 Å². The van der Waals surface area contributed by atoms with E-state index in [1.807, 2.05) is 0 Å². The van der Waals surface area contributed by atoms with E-state index in [1.54, 1.807) is 31.2 Å². The Labute approximate surface area is 86.7 Å². The molecule has 0 bridgehead atoms. The lowest BCUT2D eigenvalue weighted by atomic mass is 10.3. The molecular formula is C10H8N4O. The summed E-state index contributed by atoms with van der Waals surface area (Å²) in [5, 5.41) is 17.2. The van der Waals surface area contributed by atoms with Gasteiger partial charge in [-0.1, -0.05) is 0 Å². The molecule has 1 heterocycles. The van der Waals surface area contributed by atoms with E-state index in [1.165, 1.54) is 6.26 Å². The number of rotatable bonds is 2. The molecule has 0 fully saturated rings. The molecule has 5 heteroatoms. The van der Waals surface area contributed by atoms with Gasteiger partial charge in [0.2, 0.25) is 0 Å². The van der Waals surface area contributed by atoms with Gasteiger partial charge in [0.25, 0.3) is 0 Å². The van der Waals surface area contributed by atoms with Crippen LogP contribution in [0.1, 0.15) is 12.7 Å². The summed E-state index contributed by atoms with van der Waals surface area (Å²) in [6.45, 7) is 1.67. The molecule has 0 saturated heterocycles. The lowest BCUT2D eigenvalue weighted by Crippen LogP contribution is -2.00. The van der Waals surface area contributed by atoms with Crippen LogP contribution in [0.25, 0.3) is 0 Å². The summed E-state index contributed by atoms with van der Waals surface area (Å²) in [5.41, 5.74) is 5.47. The van der Waals surface area contributed by atoms with Gasteiger partial charge in [-0.15, -0.1) is 0 Å². The number of allylic oxidation sites excluding steroid dienone is 2. The summed E-state index contributed by atoms with van der Waals surface area (Å²) in [7, 11) is 0. The van der Waals surface area contributed by atoms with Gasteiger partial charge in [-0.25, -0.2) is 4.99 Å². The van der Waals surface area contributed by atoms with E-state index in [-0.39, 0.29) is 11.4 Å². The zero-order valence-corrected chi connectivity index (χ0v) is 8.06. The Morgan fingerprint density at radius 3 is 2.67 bits per heavy atom. The van der Waals surface area contributed by atoms with Crippen LogP contribution < -0.4 is 5.73 Å². The molecule has 1 aromatic rings. The molecular weight excluding hydrogens is 192 g/mol. The first-order valence-electron chi connectivity index (χ1n) is 4.08. The molecule has 0 saturated carbocycles. The first kappa shape index (κ1) is 10.6. The van der Waals surface area contributed by atoms with Gasteiger partial charge in [-0.05, 0) is 19.1 Å². The van der Waals surface area contributed by atoms with E-state index in [2.05, 4.69) is 4.99 Å². The number of nitriles is 2. The predicted molar refractivity (Wildman–Crippen MR) is 53.4 cm³/mol. The third kappa shape index (κ3) is 2.45. The fraction of sp³-hybridized carbons (Fsp3) is 0.100. The second kappa shape index (κ2) is 4.64. The number of nitrogens with two attached hydrogens (primary N) is 1. The molecule has 5 nitrogen and oxygen atoms in total. The predicted octanol–water partition coefficient (Wildman–Crippen LogP) is 1.31. The van der Waals surface area contributed by atoms with Gasteiger partial charge in [-0.2, -0.15) is 10.5 Å². The maximum atomic E-state index is 8.70. The highest BCUT2D eigenvalue weighted by molar-refractivity contribution is 5.97. The lowest BCUT2D eigenvalue weighted by Gasteiger charge is -1.95. The first-order valence-corrected chi connectivity index (χ1v) is 4.08. The Morgan fingerprint density at radius 1 is 1.47 bits per heavy atom. The van der Waals surface area contributed by atoms with E-state index in [9.17, 15) is 0 Å².